The number of hydrogen-bond donors (Lipinski definition) is 2. The molecule has 2 N–H and O–H groups in total. The fourth-order valence-corrected chi connectivity index (χ4v) is 3.00. The van der Waals surface area contributed by atoms with Crippen LogP contribution < -0.4 is 10.6 Å². The molecule has 0 saturated heterocycles. The van der Waals surface area contributed by atoms with E-state index < -0.39 is 0 Å². The van der Waals surface area contributed by atoms with Crippen LogP contribution in [0.4, 0.5) is 0 Å². The second-order valence-electron chi connectivity index (χ2n) is 4.91. The third-order valence-corrected chi connectivity index (χ3v) is 4.10. The Morgan fingerprint density at radius 1 is 1.19 bits per heavy atom. The first-order valence-corrected chi connectivity index (χ1v) is 7.86. The van der Waals surface area contributed by atoms with Crippen molar-refractivity contribution in [3.63, 3.8) is 0 Å². The summed E-state index contributed by atoms with van der Waals surface area (Å²) < 4.78 is 1.17. The Hall–Kier alpha value is -1.82. The smallest absolute Gasteiger partial charge is 0.253 e. The third kappa shape index (κ3) is 3.26. The van der Waals surface area contributed by atoms with Gasteiger partial charge in [0.15, 0.2) is 0 Å². The summed E-state index contributed by atoms with van der Waals surface area (Å²) in [7, 11) is 0. The molecule has 0 aromatic heterocycles. The Bertz CT molecular complexity index is 709. The predicted octanol–water partition coefficient (Wildman–Crippen LogP) is 3.05. The lowest BCUT2D eigenvalue weighted by Crippen LogP contribution is -2.27. The maximum absolute atomic E-state index is 12.4. The first-order valence-electron chi connectivity index (χ1n) is 6.78. The number of hydrogen-bond acceptors (Lipinski definition) is 2. The number of carbonyl (C=O) groups is 1. The quantitative estimate of drug-likeness (QED) is 0.792. The molecule has 21 heavy (non-hydrogen) atoms. The van der Waals surface area contributed by atoms with Crippen molar-refractivity contribution < 1.29 is 4.79 Å². The third-order valence-electron chi connectivity index (χ3n) is 3.43. The van der Waals surface area contributed by atoms with Crippen LogP contribution in [0.5, 0.6) is 0 Å². The molecule has 3 nitrogen and oxygen atoms in total. The molecule has 0 aliphatic carbocycles. The summed E-state index contributed by atoms with van der Waals surface area (Å²) in [6.07, 6.45) is 1.80. The fourth-order valence-electron chi connectivity index (χ4n) is 2.39. The average Bonchev–Trinajstić information content (AvgIpc) is 2.52. The SMILES string of the molecule is O=C(NCc1cccc(I)c1)C1=CNCc2ccccc21. The second-order valence-corrected chi connectivity index (χ2v) is 6.15. The molecule has 0 bridgehead atoms. The monoisotopic (exact) mass is 390 g/mol. The minimum Gasteiger partial charge on any atom is -0.386 e. The fraction of sp³-hybridized carbons (Fsp3) is 0.118. The van der Waals surface area contributed by atoms with Crippen LogP contribution in [0, 0.1) is 3.57 Å². The Morgan fingerprint density at radius 2 is 2.05 bits per heavy atom. The highest BCUT2D eigenvalue weighted by molar-refractivity contribution is 14.1. The van der Waals surface area contributed by atoms with Crippen LogP contribution in [0.25, 0.3) is 5.57 Å². The molecule has 0 fully saturated rings. The topological polar surface area (TPSA) is 41.1 Å². The lowest BCUT2D eigenvalue weighted by molar-refractivity contribution is -0.115. The van der Waals surface area contributed by atoms with E-state index >= 15 is 0 Å². The molecular formula is C17H15IN2O. The molecule has 3 rings (SSSR count). The molecule has 1 aliphatic heterocycles. The highest BCUT2D eigenvalue weighted by atomic mass is 127. The van der Waals surface area contributed by atoms with Gasteiger partial charge in [0.05, 0.1) is 5.57 Å². The lowest BCUT2D eigenvalue weighted by atomic mass is 9.97. The lowest BCUT2D eigenvalue weighted by Gasteiger charge is -2.18. The van der Waals surface area contributed by atoms with E-state index in [4.69, 9.17) is 0 Å². The summed E-state index contributed by atoms with van der Waals surface area (Å²) in [5.41, 5.74) is 3.96. The van der Waals surface area contributed by atoms with E-state index in [1.807, 2.05) is 42.5 Å². The van der Waals surface area contributed by atoms with Crippen LogP contribution in [0.2, 0.25) is 0 Å². The number of amides is 1. The molecule has 0 radical (unpaired) electrons. The minimum absolute atomic E-state index is 0.0477. The van der Waals surface area contributed by atoms with Crippen molar-refractivity contribution >= 4 is 34.1 Å². The van der Waals surface area contributed by atoms with Gasteiger partial charge in [0.25, 0.3) is 5.91 Å². The first-order chi connectivity index (χ1) is 10.2. The van der Waals surface area contributed by atoms with Gasteiger partial charge in [-0.3, -0.25) is 4.79 Å². The summed E-state index contributed by atoms with van der Waals surface area (Å²) in [5.74, 6) is -0.0477. The molecule has 0 atom stereocenters. The molecule has 1 aliphatic rings. The molecule has 1 amide bonds. The van der Waals surface area contributed by atoms with Crippen molar-refractivity contribution in [3.8, 4) is 0 Å². The normalized spacial score (nSPS) is 12.9. The van der Waals surface area contributed by atoms with Gasteiger partial charge < -0.3 is 10.6 Å². The van der Waals surface area contributed by atoms with Gasteiger partial charge in [-0.05, 0) is 51.4 Å². The van der Waals surface area contributed by atoms with Crippen molar-refractivity contribution in [3.05, 3.63) is 75.0 Å². The van der Waals surface area contributed by atoms with E-state index in [1.165, 1.54) is 3.57 Å². The Kier molecular flexibility index (Phi) is 4.24. The van der Waals surface area contributed by atoms with E-state index in [-0.39, 0.29) is 5.91 Å². The van der Waals surface area contributed by atoms with Crippen LogP contribution in [-0.2, 0) is 17.9 Å². The first kappa shape index (κ1) is 14.1. The summed E-state index contributed by atoms with van der Waals surface area (Å²) in [5, 5.41) is 6.14. The van der Waals surface area contributed by atoms with Crippen LogP contribution >= 0.6 is 22.6 Å². The van der Waals surface area contributed by atoms with Gasteiger partial charge in [-0.1, -0.05) is 36.4 Å². The average molecular weight is 390 g/mol. The number of benzene rings is 2. The maximum atomic E-state index is 12.4. The molecule has 2 aromatic carbocycles. The molecular weight excluding hydrogens is 375 g/mol. The number of carbonyl (C=O) groups excluding carboxylic acids is 1. The van der Waals surface area contributed by atoms with E-state index in [0.29, 0.717) is 12.1 Å². The molecule has 0 spiro atoms. The summed E-state index contributed by atoms with van der Waals surface area (Å²) in [6.45, 7) is 1.30. The molecule has 2 aromatic rings. The molecule has 4 heteroatoms. The van der Waals surface area contributed by atoms with Gasteiger partial charge in [0.1, 0.15) is 0 Å². The van der Waals surface area contributed by atoms with E-state index in [9.17, 15) is 4.79 Å². The zero-order valence-corrected chi connectivity index (χ0v) is 13.6. The van der Waals surface area contributed by atoms with Gasteiger partial charge >= 0.3 is 0 Å². The van der Waals surface area contributed by atoms with Gasteiger partial charge in [-0.2, -0.15) is 0 Å². The largest absolute Gasteiger partial charge is 0.386 e. The van der Waals surface area contributed by atoms with E-state index in [0.717, 1.165) is 23.2 Å². The Labute approximate surface area is 137 Å². The minimum atomic E-state index is -0.0477. The van der Waals surface area contributed by atoms with Crippen LogP contribution in [0.1, 0.15) is 16.7 Å². The van der Waals surface area contributed by atoms with Crippen LogP contribution in [0.15, 0.2) is 54.7 Å². The maximum Gasteiger partial charge on any atom is 0.253 e. The van der Waals surface area contributed by atoms with Crippen LogP contribution in [-0.4, -0.2) is 5.91 Å². The highest BCUT2D eigenvalue weighted by Gasteiger charge is 2.17. The van der Waals surface area contributed by atoms with Crippen LogP contribution in [0.3, 0.4) is 0 Å². The molecule has 0 unspecified atom stereocenters. The van der Waals surface area contributed by atoms with Gasteiger partial charge in [-0.25, -0.2) is 0 Å². The molecule has 0 saturated carbocycles. The van der Waals surface area contributed by atoms with Crippen molar-refractivity contribution in [1.82, 2.24) is 10.6 Å². The van der Waals surface area contributed by atoms with Crippen molar-refractivity contribution in [2.45, 2.75) is 13.1 Å². The summed E-state index contributed by atoms with van der Waals surface area (Å²) in [4.78, 5) is 12.4. The molecule has 106 valence electrons. The predicted molar refractivity (Wildman–Crippen MR) is 92.3 cm³/mol. The summed E-state index contributed by atoms with van der Waals surface area (Å²) >= 11 is 2.27. The zero-order chi connectivity index (χ0) is 14.7. The second kappa shape index (κ2) is 6.30. The molecule has 1 heterocycles. The van der Waals surface area contributed by atoms with Crippen molar-refractivity contribution in [2.75, 3.05) is 0 Å². The summed E-state index contributed by atoms with van der Waals surface area (Å²) in [6, 6.07) is 16.1. The van der Waals surface area contributed by atoms with Crippen molar-refractivity contribution in [2.24, 2.45) is 0 Å². The highest BCUT2D eigenvalue weighted by Crippen LogP contribution is 2.22. The Balaban J connectivity index is 1.73. The van der Waals surface area contributed by atoms with Crippen molar-refractivity contribution in [1.29, 1.82) is 0 Å². The Morgan fingerprint density at radius 3 is 2.90 bits per heavy atom. The van der Waals surface area contributed by atoms with E-state index in [1.54, 1.807) is 6.20 Å². The van der Waals surface area contributed by atoms with E-state index in [2.05, 4.69) is 39.3 Å². The number of nitrogens with one attached hydrogen (secondary N) is 2. The number of halogens is 1. The van der Waals surface area contributed by atoms with Gasteiger partial charge in [0.2, 0.25) is 0 Å². The zero-order valence-electron chi connectivity index (χ0n) is 11.4. The number of fused-ring (bicyclic) bond motifs is 1. The van der Waals surface area contributed by atoms with Gasteiger partial charge in [0, 0.05) is 22.9 Å². The standard InChI is InChI=1S/C17H15IN2O/c18-14-6-3-4-12(8-14)9-20-17(21)16-11-19-10-13-5-1-2-7-15(13)16/h1-8,11,19H,9-10H2,(H,20,21). The van der Waals surface area contributed by atoms with Gasteiger partial charge in [-0.15, -0.1) is 0 Å². The number of rotatable bonds is 3.